The van der Waals surface area contributed by atoms with Gasteiger partial charge in [-0.2, -0.15) is 0 Å². The number of phenols is 1. The van der Waals surface area contributed by atoms with Gasteiger partial charge in [0.25, 0.3) is 0 Å². The van der Waals surface area contributed by atoms with Crippen molar-refractivity contribution in [2.45, 2.75) is 57.2 Å². The van der Waals surface area contributed by atoms with Gasteiger partial charge in [-0.25, -0.2) is 0 Å². The minimum Gasteiger partial charge on any atom is -0.504 e. The lowest BCUT2D eigenvalue weighted by Crippen LogP contribution is -2.74. The third-order valence-electron chi connectivity index (χ3n) is 8.13. The summed E-state index contributed by atoms with van der Waals surface area (Å²) in [5, 5.41) is 10.6. The van der Waals surface area contributed by atoms with Crippen molar-refractivity contribution in [3.05, 3.63) is 35.4 Å². The molecule has 6 atom stereocenters. The van der Waals surface area contributed by atoms with Crippen LogP contribution < -0.4 is 4.74 Å². The number of hydrogen-bond acceptors (Lipinski definition) is 4. The molecule has 1 N–H and O–H groups in total. The van der Waals surface area contributed by atoms with Crippen molar-refractivity contribution in [1.29, 1.82) is 0 Å². The third kappa shape index (κ3) is 1.41. The molecular formula is C22H26O4. The second-order valence-electron chi connectivity index (χ2n) is 8.67. The number of ether oxygens (including phenoxy) is 2. The number of rotatable bonds is 3. The van der Waals surface area contributed by atoms with E-state index < -0.39 is 5.60 Å². The predicted molar refractivity (Wildman–Crippen MR) is 97.5 cm³/mol. The second kappa shape index (κ2) is 4.72. The first-order chi connectivity index (χ1) is 12.4. The molecule has 0 radical (unpaired) electrons. The van der Waals surface area contributed by atoms with E-state index in [4.69, 9.17) is 9.47 Å². The highest BCUT2D eigenvalue weighted by molar-refractivity contribution is 5.82. The van der Waals surface area contributed by atoms with Gasteiger partial charge in [0.15, 0.2) is 11.5 Å². The zero-order valence-electron chi connectivity index (χ0n) is 15.8. The van der Waals surface area contributed by atoms with Crippen molar-refractivity contribution in [1.82, 2.24) is 0 Å². The van der Waals surface area contributed by atoms with E-state index >= 15 is 0 Å². The van der Waals surface area contributed by atoms with Crippen LogP contribution in [-0.4, -0.2) is 29.7 Å². The molecule has 0 aromatic heterocycles. The van der Waals surface area contributed by atoms with E-state index in [9.17, 15) is 9.90 Å². The molecule has 2 bridgehead atoms. The molecule has 1 saturated carbocycles. The van der Waals surface area contributed by atoms with Crippen LogP contribution in [0, 0.1) is 17.3 Å². The Morgan fingerprint density at radius 2 is 2.15 bits per heavy atom. The molecule has 4 nitrogen and oxygen atoms in total. The Bertz CT molecular complexity index is 858. The lowest BCUT2D eigenvalue weighted by molar-refractivity contribution is -0.197. The molecule has 26 heavy (non-hydrogen) atoms. The average Bonchev–Trinajstić information content (AvgIpc) is 3.03. The van der Waals surface area contributed by atoms with Gasteiger partial charge >= 0.3 is 0 Å². The fraction of sp³-hybridized carbons (Fsp3) is 0.591. The number of hydrogen-bond donors (Lipinski definition) is 1. The van der Waals surface area contributed by atoms with Crippen molar-refractivity contribution in [3.8, 4) is 11.5 Å². The lowest BCUT2D eigenvalue weighted by Gasteiger charge is -2.67. The smallest absolute Gasteiger partial charge is 0.165 e. The summed E-state index contributed by atoms with van der Waals surface area (Å²) in [6.07, 6.45) is 6.76. The Kier molecular flexibility index (Phi) is 2.97. The summed E-state index contributed by atoms with van der Waals surface area (Å²) in [6, 6.07) is 3.80. The molecule has 0 saturated heterocycles. The molecule has 1 fully saturated rings. The number of benzene rings is 1. The fourth-order valence-electron chi connectivity index (χ4n) is 7.04. The van der Waals surface area contributed by atoms with Gasteiger partial charge in [-0.1, -0.05) is 32.1 Å². The first-order valence-corrected chi connectivity index (χ1v) is 9.66. The van der Waals surface area contributed by atoms with Crippen LogP contribution >= 0.6 is 0 Å². The largest absolute Gasteiger partial charge is 0.504 e. The maximum absolute atomic E-state index is 12.6. The van der Waals surface area contributed by atoms with Crippen molar-refractivity contribution >= 4 is 5.78 Å². The molecule has 4 heteroatoms. The lowest BCUT2D eigenvalue weighted by atomic mass is 9.37. The molecule has 138 valence electrons. The Hall–Kier alpha value is -1.81. The van der Waals surface area contributed by atoms with Gasteiger partial charge in [0.05, 0.1) is 5.92 Å². The van der Waals surface area contributed by atoms with Gasteiger partial charge in [-0.15, -0.1) is 0 Å². The maximum Gasteiger partial charge on any atom is 0.165 e. The van der Waals surface area contributed by atoms with E-state index in [2.05, 4.69) is 32.1 Å². The molecule has 6 unspecified atom stereocenters. The maximum atomic E-state index is 12.6. The highest BCUT2D eigenvalue weighted by Crippen LogP contribution is 2.74. The van der Waals surface area contributed by atoms with Crippen molar-refractivity contribution in [2.24, 2.45) is 17.3 Å². The van der Waals surface area contributed by atoms with E-state index in [-0.39, 0.29) is 34.4 Å². The van der Waals surface area contributed by atoms with Crippen LogP contribution in [0.1, 0.15) is 44.7 Å². The molecule has 1 spiro atoms. The second-order valence-corrected chi connectivity index (χ2v) is 8.67. The minimum absolute atomic E-state index is 0.144. The van der Waals surface area contributed by atoms with Crippen LogP contribution in [0.25, 0.3) is 0 Å². The summed E-state index contributed by atoms with van der Waals surface area (Å²) in [5.74, 6) is 1.13. The normalized spacial score (nSPS) is 43.9. The van der Waals surface area contributed by atoms with E-state index in [1.54, 1.807) is 20.1 Å². The Morgan fingerprint density at radius 1 is 1.38 bits per heavy atom. The monoisotopic (exact) mass is 354 g/mol. The van der Waals surface area contributed by atoms with E-state index in [1.807, 2.05) is 0 Å². The highest BCUT2D eigenvalue weighted by atomic mass is 16.6. The SMILES string of the molecule is CCC12c3c4ccc(O)c3OC1C1(OC)C=CC2(CC1C(C)=O)C(C)C4. The Morgan fingerprint density at radius 3 is 2.81 bits per heavy atom. The number of carbonyl (C=O) groups is 1. The molecular weight excluding hydrogens is 328 g/mol. The van der Waals surface area contributed by atoms with Crippen LogP contribution in [0.15, 0.2) is 24.3 Å². The number of ketones is 1. The summed E-state index contributed by atoms with van der Waals surface area (Å²) >= 11 is 0. The Balaban J connectivity index is 1.89. The van der Waals surface area contributed by atoms with Crippen molar-refractivity contribution in [3.63, 3.8) is 0 Å². The quantitative estimate of drug-likeness (QED) is 0.844. The molecule has 0 amide bonds. The molecule has 1 aromatic carbocycles. The van der Waals surface area contributed by atoms with Crippen molar-refractivity contribution in [2.75, 3.05) is 7.11 Å². The number of Topliss-reactive ketones (excluding diaryl/α,β-unsaturated/α-hetero) is 1. The number of fused-ring (bicyclic) bond motifs is 1. The van der Waals surface area contributed by atoms with Gasteiger partial charge in [0.2, 0.25) is 0 Å². The van der Waals surface area contributed by atoms with Crippen LogP contribution in [0.3, 0.4) is 0 Å². The number of phenolic OH excluding ortho intramolecular Hbond substituents is 1. The molecule has 1 aliphatic heterocycles. The Labute approximate surface area is 154 Å². The van der Waals surface area contributed by atoms with Gasteiger partial charge in [-0.3, -0.25) is 4.79 Å². The molecule has 5 aliphatic rings. The average molecular weight is 354 g/mol. The zero-order chi connectivity index (χ0) is 18.5. The number of allylic oxidation sites excluding steroid dienone is 1. The van der Waals surface area contributed by atoms with Crippen LogP contribution in [-0.2, 0) is 21.4 Å². The fourth-order valence-corrected chi connectivity index (χ4v) is 7.04. The van der Waals surface area contributed by atoms with E-state index in [1.165, 1.54) is 5.56 Å². The van der Waals surface area contributed by atoms with E-state index in [0.29, 0.717) is 11.7 Å². The first kappa shape index (κ1) is 16.4. The van der Waals surface area contributed by atoms with Crippen molar-refractivity contribution < 1.29 is 19.4 Å². The topological polar surface area (TPSA) is 55.8 Å². The summed E-state index contributed by atoms with van der Waals surface area (Å²) in [4.78, 5) is 12.6. The highest BCUT2D eigenvalue weighted by Gasteiger charge is 2.77. The zero-order valence-corrected chi connectivity index (χ0v) is 15.8. The first-order valence-electron chi connectivity index (χ1n) is 9.66. The summed E-state index contributed by atoms with van der Waals surface area (Å²) < 4.78 is 12.6. The standard InChI is InChI=1S/C22H26O4/c1-5-21-17-14-6-7-16(24)18(17)26-19(21)22(25-4)9-8-20(21,12(2)10-14)11-15(22)13(3)23/h6-9,12,15,19,24H,5,10-11H2,1-4H3. The molecule has 4 aliphatic carbocycles. The third-order valence-corrected chi connectivity index (χ3v) is 8.13. The van der Waals surface area contributed by atoms with Gasteiger partial charge < -0.3 is 14.6 Å². The van der Waals surface area contributed by atoms with E-state index in [0.717, 1.165) is 24.8 Å². The summed E-state index contributed by atoms with van der Waals surface area (Å²) in [6.45, 7) is 6.18. The van der Waals surface area contributed by atoms with Gasteiger partial charge in [0.1, 0.15) is 17.5 Å². The predicted octanol–water partition coefficient (Wildman–Crippen LogP) is 3.54. The van der Waals surface area contributed by atoms with Crippen LogP contribution in [0.2, 0.25) is 0 Å². The number of methoxy groups -OCH3 is 1. The van der Waals surface area contributed by atoms with Crippen LogP contribution in [0.5, 0.6) is 11.5 Å². The molecule has 1 heterocycles. The molecule has 1 aromatic rings. The number of aromatic hydroxyl groups is 1. The van der Waals surface area contributed by atoms with Crippen LogP contribution in [0.4, 0.5) is 0 Å². The number of carbonyl (C=O) groups excluding carboxylic acids is 1. The van der Waals surface area contributed by atoms with Gasteiger partial charge in [0, 0.05) is 23.5 Å². The summed E-state index contributed by atoms with van der Waals surface area (Å²) in [7, 11) is 1.68. The molecule has 6 rings (SSSR count). The van der Waals surface area contributed by atoms with Gasteiger partial charge in [-0.05, 0) is 43.7 Å². The minimum atomic E-state index is -0.774. The summed E-state index contributed by atoms with van der Waals surface area (Å²) in [5.41, 5.74) is 1.26.